The van der Waals surface area contributed by atoms with Gasteiger partial charge in [0.05, 0.1) is 18.4 Å². The molecule has 1 aromatic rings. The Morgan fingerprint density at radius 2 is 2.10 bits per heavy atom. The summed E-state index contributed by atoms with van der Waals surface area (Å²) in [5.74, 6) is 0.962. The van der Waals surface area contributed by atoms with Crippen LogP contribution in [0.2, 0.25) is 0 Å². The van der Waals surface area contributed by atoms with E-state index in [0.29, 0.717) is 35.4 Å². The zero-order valence-corrected chi connectivity index (χ0v) is 12.5. The Bertz CT molecular complexity index is 490. The first-order valence-corrected chi connectivity index (χ1v) is 7.49. The summed E-state index contributed by atoms with van der Waals surface area (Å²) in [6.07, 6.45) is 4.42. The molecule has 1 aromatic carbocycles. The van der Waals surface area contributed by atoms with Gasteiger partial charge in [-0.25, -0.2) is 0 Å². The highest BCUT2D eigenvalue weighted by Gasteiger charge is 2.25. The molecule has 1 aliphatic rings. The molecule has 2 atom stereocenters. The van der Waals surface area contributed by atoms with Crippen molar-refractivity contribution in [3.63, 3.8) is 0 Å². The highest BCUT2D eigenvalue weighted by Crippen LogP contribution is 2.29. The van der Waals surface area contributed by atoms with Gasteiger partial charge >= 0.3 is 0 Å². The van der Waals surface area contributed by atoms with E-state index in [-0.39, 0.29) is 12.5 Å². The van der Waals surface area contributed by atoms with Gasteiger partial charge in [0.2, 0.25) is 0 Å². The van der Waals surface area contributed by atoms with Gasteiger partial charge in [-0.1, -0.05) is 18.9 Å². The van der Waals surface area contributed by atoms with E-state index >= 15 is 0 Å². The second kappa shape index (κ2) is 7.31. The van der Waals surface area contributed by atoms with Gasteiger partial charge in [0.1, 0.15) is 5.75 Å². The Labute approximate surface area is 125 Å². The smallest absolute Gasteiger partial charge is 0.253 e. The Balaban J connectivity index is 1.98. The number of carbonyl (C=O) groups excluding carboxylic acids is 1. The zero-order chi connectivity index (χ0) is 15.2. The van der Waals surface area contributed by atoms with Crippen molar-refractivity contribution in [1.29, 1.82) is 0 Å². The van der Waals surface area contributed by atoms with Crippen LogP contribution < -0.4 is 15.8 Å². The number of methoxy groups -OCH3 is 1. The Kier molecular flexibility index (Phi) is 5.44. The summed E-state index contributed by atoms with van der Waals surface area (Å²) < 4.78 is 5.13. The van der Waals surface area contributed by atoms with Crippen LogP contribution >= 0.6 is 0 Å². The lowest BCUT2D eigenvalue weighted by atomic mass is 9.79. The summed E-state index contributed by atoms with van der Waals surface area (Å²) in [5.41, 5.74) is 6.73. The minimum atomic E-state index is -0.186. The molecule has 116 valence electrons. The number of nitrogen functional groups attached to an aromatic ring is 1. The Hall–Kier alpha value is -1.75. The van der Waals surface area contributed by atoms with Crippen molar-refractivity contribution in [3.05, 3.63) is 23.8 Å². The molecule has 1 aliphatic carbocycles. The summed E-state index contributed by atoms with van der Waals surface area (Å²) in [5, 5.41) is 12.3. The third kappa shape index (κ3) is 3.67. The minimum absolute atomic E-state index is 0.186. The lowest BCUT2D eigenvalue weighted by molar-refractivity contribution is 0.0910. The maximum atomic E-state index is 12.3. The van der Waals surface area contributed by atoms with Crippen LogP contribution in [0.3, 0.4) is 0 Å². The van der Waals surface area contributed by atoms with E-state index in [0.717, 1.165) is 12.8 Å². The third-order valence-electron chi connectivity index (χ3n) is 4.36. The van der Waals surface area contributed by atoms with Crippen molar-refractivity contribution in [3.8, 4) is 5.75 Å². The van der Waals surface area contributed by atoms with Gasteiger partial charge < -0.3 is 20.9 Å². The van der Waals surface area contributed by atoms with E-state index in [1.807, 2.05) is 0 Å². The van der Waals surface area contributed by atoms with Gasteiger partial charge in [-0.3, -0.25) is 4.79 Å². The summed E-state index contributed by atoms with van der Waals surface area (Å²) in [7, 11) is 1.53. The second-order valence-electron chi connectivity index (χ2n) is 5.62. The average Bonchev–Trinajstić information content (AvgIpc) is 2.53. The number of aliphatic hydroxyl groups is 1. The number of amides is 1. The van der Waals surface area contributed by atoms with E-state index in [4.69, 9.17) is 10.5 Å². The van der Waals surface area contributed by atoms with Gasteiger partial charge in [0.25, 0.3) is 5.91 Å². The molecule has 1 saturated carbocycles. The molecular weight excluding hydrogens is 268 g/mol. The van der Waals surface area contributed by atoms with Gasteiger partial charge in [-0.15, -0.1) is 0 Å². The molecule has 0 radical (unpaired) electrons. The lowest BCUT2D eigenvalue weighted by Crippen LogP contribution is -2.35. The number of hydrogen-bond acceptors (Lipinski definition) is 4. The van der Waals surface area contributed by atoms with Crippen LogP contribution in [-0.4, -0.2) is 31.3 Å². The fourth-order valence-corrected chi connectivity index (χ4v) is 3.03. The first-order chi connectivity index (χ1) is 10.2. The molecule has 0 bridgehead atoms. The normalized spacial score (nSPS) is 21.8. The van der Waals surface area contributed by atoms with Crippen molar-refractivity contribution in [2.75, 3.05) is 26.0 Å². The highest BCUT2D eigenvalue weighted by molar-refractivity contribution is 6.00. The third-order valence-corrected chi connectivity index (χ3v) is 4.36. The Morgan fingerprint density at radius 3 is 2.76 bits per heavy atom. The molecular formula is C16H24N2O3. The molecule has 0 spiro atoms. The van der Waals surface area contributed by atoms with Crippen LogP contribution in [-0.2, 0) is 0 Å². The second-order valence-corrected chi connectivity index (χ2v) is 5.62. The predicted octanol–water partition coefficient (Wildman–Crippen LogP) is 1.81. The summed E-state index contributed by atoms with van der Waals surface area (Å²) >= 11 is 0. The van der Waals surface area contributed by atoms with E-state index in [1.165, 1.54) is 20.0 Å². The van der Waals surface area contributed by atoms with E-state index in [2.05, 4.69) is 5.32 Å². The number of rotatable bonds is 5. The van der Waals surface area contributed by atoms with Crippen LogP contribution in [0.1, 0.15) is 36.0 Å². The van der Waals surface area contributed by atoms with E-state index in [9.17, 15) is 9.90 Å². The van der Waals surface area contributed by atoms with Crippen LogP contribution in [0.5, 0.6) is 5.75 Å². The topological polar surface area (TPSA) is 84.6 Å². The van der Waals surface area contributed by atoms with Gasteiger partial charge in [-0.05, 0) is 36.8 Å². The molecule has 2 unspecified atom stereocenters. The number of benzene rings is 1. The molecule has 0 heterocycles. The number of aliphatic hydroxyl groups excluding tert-OH is 1. The fourth-order valence-electron chi connectivity index (χ4n) is 3.03. The molecule has 2 rings (SSSR count). The van der Waals surface area contributed by atoms with Crippen molar-refractivity contribution in [2.24, 2.45) is 11.8 Å². The van der Waals surface area contributed by atoms with Crippen LogP contribution in [0.4, 0.5) is 5.69 Å². The van der Waals surface area contributed by atoms with Crippen LogP contribution in [0.15, 0.2) is 18.2 Å². The van der Waals surface area contributed by atoms with Gasteiger partial charge in [0.15, 0.2) is 0 Å². The minimum Gasteiger partial charge on any atom is -0.495 e. The summed E-state index contributed by atoms with van der Waals surface area (Å²) in [6, 6.07) is 5.17. The first-order valence-electron chi connectivity index (χ1n) is 7.49. The van der Waals surface area contributed by atoms with Gasteiger partial charge in [-0.2, -0.15) is 0 Å². The standard InChI is InChI=1S/C16H24N2O3/c1-21-14-8-4-7-13(15(14)17)16(20)18-9-11-5-2-3-6-12(11)10-19/h4,7-8,11-12,19H,2-3,5-6,9-10,17H2,1H3,(H,18,20). The quantitative estimate of drug-likeness (QED) is 0.723. The SMILES string of the molecule is COc1cccc(C(=O)NCC2CCCCC2CO)c1N. The monoisotopic (exact) mass is 292 g/mol. The maximum Gasteiger partial charge on any atom is 0.253 e. The molecule has 5 heteroatoms. The molecule has 0 saturated heterocycles. The summed E-state index contributed by atoms with van der Waals surface area (Å²) in [6.45, 7) is 0.780. The molecule has 0 aromatic heterocycles. The number of anilines is 1. The van der Waals surface area contributed by atoms with Crippen molar-refractivity contribution >= 4 is 11.6 Å². The predicted molar refractivity (Wildman–Crippen MR) is 82.3 cm³/mol. The molecule has 5 nitrogen and oxygen atoms in total. The van der Waals surface area contributed by atoms with Crippen molar-refractivity contribution < 1.29 is 14.6 Å². The van der Waals surface area contributed by atoms with Crippen molar-refractivity contribution in [1.82, 2.24) is 5.32 Å². The number of nitrogens with one attached hydrogen (secondary N) is 1. The molecule has 1 fully saturated rings. The molecule has 0 aliphatic heterocycles. The number of ether oxygens (including phenoxy) is 1. The lowest BCUT2D eigenvalue weighted by Gasteiger charge is -2.30. The van der Waals surface area contributed by atoms with E-state index < -0.39 is 0 Å². The molecule has 1 amide bonds. The zero-order valence-electron chi connectivity index (χ0n) is 12.5. The number of nitrogens with two attached hydrogens (primary N) is 1. The fraction of sp³-hybridized carbons (Fsp3) is 0.562. The van der Waals surface area contributed by atoms with Crippen LogP contribution in [0.25, 0.3) is 0 Å². The summed E-state index contributed by atoms with van der Waals surface area (Å²) in [4.78, 5) is 12.3. The molecule has 4 N–H and O–H groups in total. The van der Waals surface area contributed by atoms with E-state index in [1.54, 1.807) is 18.2 Å². The van der Waals surface area contributed by atoms with Crippen molar-refractivity contribution in [2.45, 2.75) is 25.7 Å². The number of hydrogen-bond donors (Lipinski definition) is 3. The Morgan fingerprint density at radius 1 is 1.38 bits per heavy atom. The number of carbonyl (C=O) groups is 1. The average molecular weight is 292 g/mol. The first kappa shape index (κ1) is 15.6. The maximum absolute atomic E-state index is 12.3. The molecule has 21 heavy (non-hydrogen) atoms. The largest absolute Gasteiger partial charge is 0.495 e. The number of para-hydroxylation sites is 1. The highest BCUT2D eigenvalue weighted by atomic mass is 16.5. The van der Waals surface area contributed by atoms with Crippen LogP contribution in [0, 0.1) is 11.8 Å². The van der Waals surface area contributed by atoms with Gasteiger partial charge in [0, 0.05) is 13.2 Å².